The number of nitrogens with zero attached hydrogens (tertiary/aromatic N) is 1. The van der Waals surface area contributed by atoms with Gasteiger partial charge in [0.25, 0.3) is 0 Å². The summed E-state index contributed by atoms with van der Waals surface area (Å²) in [6.07, 6.45) is 0. The molecule has 0 aliphatic carbocycles. The highest BCUT2D eigenvalue weighted by Crippen LogP contribution is 2.28. The number of hydrogen-bond acceptors (Lipinski definition) is 4. The van der Waals surface area contributed by atoms with Gasteiger partial charge in [0.05, 0.1) is 11.5 Å². The Morgan fingerprint density at radius 1 is 1.42 bits per heavy atom. The van der Waals surface area contributed by atoms with E-state index in [1.54, 1.807) is 13.0 Å². The predicted molar refractivity (Wildman–Crippen MR) is 79.6 cm³/mol. The molecule has 0 fully saturated rings. The number of benzene rings is 1. The van der Waals surface area contributed by atoms with E-state index in [-0.39, 0.29) is 4.90 Å². The number of nitrogen functional groups attached to an aromatic ring is 1. The van der Waals surface area contributed by atoms with Crippen molar-refractivity contribution in [2.75, 3.05) is 32.5 Å². The van der Waals surface area contributed by atoms with Crippen LogP contribution in [0.15, 0.2) is 21.5 Å². The van der Waals surface area contributed by atoms with E-state index in [0.29, 0.717) is 35.5 Å². The van der Waals surface area contributed by atoms with Gasteiger partial charge in [-0.25, -0.2) is 8.42 Å². The van der Waals surface area contributed by atoms with Crippen LogP contribution in [-0.2, 0) is 14.8 Å². The van der Waals surface area contributed by atoms with Crippen molar-refractivity contribution in [1.82, 2.24) is 4.31 Å². The highest BCUT2D eigenvalue weighted by Gasteiger charge is 2.23. The zero-order valence-corrected chi connectivity index (χ0v) is 13.7. The molecule has 0 bridgehead atoms. The molecule has 1 rings (SSSR count). The predicted octanol–water partition coefficient (Wildman–Crippen LogP) is 2.00. The summed E-state index contributed by atoms with van der Waals surface area (Å²) >= 11 is 3.28. The second-order valence-corrected chi connectivity index (χ2v) is 7.03. The molecular weight excluding hydrogens is 332 g/mol. The lowest BCUT2D eigenvalue weighted by atomic mass is 10.2. The molecule has 2 N–H and O–H groups in total. The molecule has 1 aromatic rings. The first kappa shape index (κ1) is 16.4. The van der Waals surface area contributed by atoms with Crippen molar-refractivity contribution in [3.8, 4) is 0 Å². The van der Waals surface area contributed by atoms with Crippen LogP contribution >= 0.6 is 15.9 Å². The number of halogens is 1. The number of likely N-dealkylation sites (N-methyl/N-ethyl adjacent to an activating group) is 1. The average molecular weight is 351 g/mol. The first-order chi connectivity index (χ1) is 8.80. The number of hydrogen-bond donors (Lipinski definition) is 1. The minimum absolute atomic E-state index is 0.229. The smallest absolute Gasteiger partial charge is 0.243 e. The van der Waals surface area contributed by atoms with Crippen LogP contribution in [0.1, 0.15) is 12.5 Å². The van der Waals surface area contributed by atoms with Crippen molar-refractivity contribution in [2.45, 2.75) is 18.7 Å². The second-order valence-electron chi connectivity index (χ2n) is 4.16. The second kappa shape index (κ2) is 6.69. The van der Waals surface area contributed by atoms with E-state index in [0.717, 1.165) is 0 Å². The lowest BCUT2D eigenvalue weighted by Crippen LogP contribution is -2.30. The molecule has 5 nitrogen and oxygen atoms in total. The molecule has 0 atom stereocenters. The number of aryl methyl sites for hydroxylation is 1. The third-order valence-electron chi connectivity index (χ3n) is 2.74. The molecule has 1 aromatic carbocycles. The van der Waals surface area contributed by atoms with Gasteiger partial charge in [-0.05, 0) is 47.5 Å². The molecule has 0 aromatic heterocycles. The zero-order chi connectivity index (χ0) is 14.6. The van der Waals surface area contributed by atoms with E-state index in [9.17, 15) is 8.42 Å². The van der Waals surface area contributed by atoms with Crippen LogP contribution in [0.2, 0.25) is 0 Å². The molecule has 0 heterocycles. The quantitative estimate of drug-likeness (QED) is 0.629. The van der Waals surface area contributed by atoms with Crippen molar-refractivity contribution in [3.05, 3.63) is 22.2 Å². The summed E-state index contributed by atoms with van der Waals surface area (Å²) < 4.78 is 32.0. The largest absolute Gasteiger partial charge is 0.398 e. The fourth-order valence-corrected chi connectivity index (χ4v) is 3.42. The number of nitrogens with two attached hydrogens (primary N) is 1. The van der Waals surface area contributed by atoms with Crippen LogP contribution in [0.25, 0.3) is 0 Å². The van der Waals surface area contributed by atoms with Crippen LogP contribution in [0.5, 0.6) is 0 Å². The van der Waals surface area contributed by atoms with Gasteiger partial charge in [0.2, 0.25) is 10.0 Å². The third-order valence-corrected chi connectivity index (χ3v) is 5.42. The van der Waals surface area contributed by atoms with Gasteiger partial charge >= 0.3 is 0 Å². The average Bonchev–Trinajstić information content (AvgIpc) is 2.33. The minimum Gasteiger partial charge on any atom is -0.398 e. The maximum Gasteiger partial charge on any atom is 0.243 e. The summed E-state index contributed by atoms with van der Waals surface area (Å²) in [5.74, 6) is 0. The number of rotatable bonds is 6. The molecule has 0 saturated heterocycles. The molecule has 0 unspecified atom stereocenters. The van der Waals surface area contributed by atoms with Crippen molar-refractivity contribution in [1.29, 1.82) is 0 Å². The first-order valence-corrected chi connectivity index (χ1v) is 8.13. The van der Waals surface area contributed by atoms with Crippen molar-refractivity contribution in [2.24, 2.45) is 0 Å². The summed E-state index contributed by atoms with van der Waals surface area (Å²) in [4.78, 5) is 0.229. The molecule has 7 heteroatoms. The zero-order valence-electron chi connectivity index (χ0n) is 11.3. The van der Waals surface area contributed by atoms with E-state index >= 15 is 0 Å². The molecule has 0 aliphatic heterocycles. The molecule has 0 saturated carbocycles. The SMILES string of the molecule is CCOCCN(C)S(=O)(=O)c1cc(N)c(Br)cc1C. The molecule has 0 amide bonds. The van der Waals surface area contributed by atoms with Gasteiger partial charge in [0.1, 0.15) is 0 Å². The van der Waals surface area contributed by atoms with Crippen molar-refractivity contribution in [3.63, 3.8) is 0 Å². The lowest BCUT2D eigenvalue weighted by Gasteiger charge is -2.19. The number of sulfonamides is 1. The van der Waals surface area contributed by atoms with E-state index in [1.807, 2.05) is 6.92 Å². The van der Waals surface area contributed by atoms with Crippen LogP contribution in [0, 0.1) is 6.92 Å². The standard InChI is InChI=1S/C12H19BrN2O3S/c1-4-18-6-5-15(3)19(16,17)12-8-11(14)10(13)7-9(12)2/h7-8H,4-6,14H2,1-3H3. The first-order valence-electron chi connectivity index (χ1n) is 5.90. The Bertz CT molecular complexity index is 546. The summed E-state index contributed by atoms with van der Waals surface area (Å²) in [5.41, 5.74) is 6.82. The monoisotopic (exact) mass is 350 g/mol. The Labute approximate surface area is 122 Å². The Morgan fingerprint density at radius 3 is 2.63 bits per heavy atom. The van der Waals surface area contributed by atoms with Crippen molar-refractivity contribution >= 4 is 31.6 Å². The van der Waals surface area contributed by atoms with Gasteiger partial charge in [0.15, 0.2) is 0 Å². The van der Waals surface area contributed by atoms with Crippen LogP contribution in [-0.4, -0.2) is 39.5 Å². The molecule has 0 spiro atoms. The highest BCUT2D eigenvalue weighted by molar-refractivity contribution is 9.10. The van der Waals surface area contributed by atoms with Crippen LogP contribution < -0.4 is 5.73 Å². The Hall–Kier alpha value is -0.630. The Balaban J connectivity index is 3.03. The number of anilines is 1. The maximum absolute atomic E-state index is 12.4. The Morgan fingerprint density at radius 2 is 2.05 bits per heavy atom. The van der Waals surface area contributed by atoms with E-state index < -0.39 is 10.0 Å². The molecule has 0 aliphatic rings. The maximum atomic E-state index is 12.4. The topological polar surface area (TPSA) is 72.6 Å². The van der Waals surface area contributed by atoms with E-state index in [1.165, 1.54) is 17.4 Å². The van der Waals surface area contributed by atoms with Gasteiger partial charge in [-0.3, -0.25) is 0 Å². The van der Waals surface area contributed by atoms with Crippen molar-refractivity contribution < 1.29 is 13.2 Å². The molecular formula is C12H19BrN2O3S. The number of ether oxygens (including phenoxy) is 1. The molecule has 19 heavy (non-hydrogen) atoms. The summed E-state index contributed by atoms with van der Waals surface area (Å²) in [7, 11) is -2.00. The molecule has 108 valence electrons. The summed E-state index contributed by atoms with van der Waals surface area (Å²) in [6.45, 7) is 4.86. The van der Waals surface area contributed by atoms with Crippen LogP contribution in [0.4, 0.5) is 5.69 Å². The van der Waals surface area contributed by atoms with Gasteiger partial charge in [0, 0.05) is 30.4 Å². The third kappa shape index (κ3) is 3.92. The Kier molecular flexibility index (Phi) is 5.79. The fraction of sp³-hybridized carbons (Fsp3) is 0.500. The highest BCUT2D eigenvalue weighted by atomic mass is 79.9. The van der Waals surface area contributed by atoms with Gasteiger partial charge in [-0.2, -0.15) is 4.31 Å². The lowest BCUT2D eigenvalue weighted by molar-refractivity contribution is 0.138. The normalized spacial score (nSPS) is 12.1. The van der Waals surface area contributed by atoms with Gasteiger partial charge in [-0.15, -0.1) is 0 Å². The van der Waals surface area contributed by atoms with E-state index in [4.69, 9.17) is 10.5 Å². The van der Waals surface area contributed by atoms with Crippen LogP contribution in [0.3, 0.4) is 0 Å². The fourth-order valence-electron chi connectivity index (χ4n) is 1.57. The summed E-state index contributed by atoms with van der Waals surface area (Å²) in [5, 5.41) is 0. The minimum atomic E-state index is -3.54. The molecule has 0 radical (unpaired) electrons. The van der Waals surface area contributed by atoms with E-state index in [2.05, 4.69) is 15.9 Å². The van der Waals surface area contributed by atoms with Gasteiger partial charge in [-0.1, -0.05) is 0 Å². The van der Waals surface area contributed by atoms with Gasteiger partial charge < -0.3 is 10.5 Å². The summed E-state index contributed by atoms with van der Waals surface area (Å²) in [6, 6.07) is 3.19.